The second-order valence-corrected chi connectivity index (χ2v) is 3.91. The second-order valence-electron chi connectivity index (χ2n) is 2.12. The zero-order valence-corrected chi connectivity index (χ0v) is 9.61. The molecule has 0 saturated heterocycles. The minimum atomic E-state index is 0. The fourth-order valence-electron chi connectivity index (χ4n) is 0.622. The SMILES string of the molecule is CCCCCC=S=C(N)S.[Mn]. The molecular weight excluding hydrogens is 217 g/mol. The Morgan fingerprint density at radius 3 is 2.64 bits per heavy atom. The van der Waals surface area contributed by atoms with Gasteiger partial charge in [-0.1, -0.05) is 19.8 Å². The molecule has 0 unspecified atom stereocenters. The van der Waals surface area contributed by atoms with Gasteiger partial charge in [0.1, 0.15) is 0 Å². The molecule has 1 radical (unpaired) electrons. The van der Waals surface area contributed by atoms with Gasteiger partial charge >= 0.3 is 0 Å². The molecule has 0 spiro atoms. The number of rotatable bonds is 4. The first-order valence-electron chi connectivity index (χ1n) is 3.57. The van der Waals surface area contributed by atoms with E-state index in [1.807, 2.05) is 0 Å². The molecule has 4 heteroatoms. The number of unbranched alkanes of at least 4 members (excludes halogenated alkanes) is 3. The van der Waals surface area contributed by atoms with E-state index in [0.29, 0.717) is 4.32 Å². The van der Waals surface area contributed by atoms with Crippen LogP contribution in [0.1, 0.15) is 32.6 Å². The predicted molar refractivity (Wildman–Crippen MR) is 56.0 cm³/mol. The average molecular weight is 232 g/mol. The average Bonchev–Trinajstić information content (AvgIpc) is 1.87. The van der Waals surface area contributed by atoms with Crippen molar-refractivity contribution in [3.8, 4) is 0 Å². The maximum absolute atomic E-state index is 5.32. The van der Waals surface area contributed by atoms with Gasteiger partial charge in [-0.25, -0.2) is 0 Å². The van der Waals surface area contributed by atoms with Gasteiger partial charge < -0.3 is 0 Å². The second kappa shape index (κ2) is 10.8. The molecule has 0 aromatic heterocycles. The number of hydrogen-bond acceptors (Lipinski definition) is 0. The van der Waals surface area contributed by atoms with Gasteiger partial charge in [-0.2, -0.15) is 0 Å². The van der Waals surface area contributed by atoms with Crippen LogP contribution in [0, 0.1) is 0 Å². The van der Waals surface area contributed by atoms with E-state index in [1.165, 1.54) is 30.2 Å². The molecule has 0 bridgehead atoms. The third kappa shape index (κ3) is 13.7. The Morgan fingerprint density at radius 2 is 2.18 bits per heavy atom. The smallest absolute Gasteiger partial charge is 0.0964 e. The molecule has 0 saturated carbocycles. The van der Waals surface area contributed by atoms with E-state index in [0.717, 1.165) is 6.42 Å². The monoisotopic (exact) mass is 232 g/mol. The van der Waals surface area contributed by atoms with Crippen LogP contribution in [0.25, 0.3) is 0 Å². The summed E-state index contributed by atoms with van der Waals surface area (Å²) in [5.74, 6) is 0. The van der Waals surface area contributed by atoms with Gasteiger partial charge in [-0.3, -0.25) is 5.73 Å². The van der Waals surface area contributed by atoms with Crippen LogP contribution in [0.2, 0.25) is 0 Å². The van der Waals surface area contributed by atoms with Crippen molar-refractivity contribution in [3.05, 3.63) is 0 Å². The van der Waals surface area contributed by atoms with Crippen molar-refractivity contribution in [1.29, 1.82) is 0 Å². The molecule has 0 amide bonds. The van der Waals surface area contributed by atoms with E-state index in [2.05, 4.69) is 24.9 Å². The summed E-state index contributed by atoms with van der Waals surface area (Å²) in [6.07, 6.45) is 4.99. The van der Waals surface area contributed by atoms with Crippen LogP contribution in [0.15, 0.2) is 0 Å². The fraction of sp³-hybridized carbons (Fsp3) is 0.714. The Balaban J connectivity index is 0. The van der Waals surface area contributed by atoms with Gasteiger partial charge in [0.2, 0.25) is 0 Å². The molecule has 0 heterocycles. The quantitative estimate of drug-likeness (QED) is 0.330. The van der Waals surface area contributed by atoms with Crippen molar-refractivity contribution in [2.75, 3.05) is 0 Å². The van der Waals surface area contributed by atoms with Crippen molar-refractivity contribution in [2.24, 2.45) is 5.73 Å². The molecule has 0 aromatic rings. The summed E-state index contributed by atoms with van der Waals surface area (Å²) >= 11 is 3.95. The first-order valence-corrected chi connectivity index (χ1v) is 4.89. The Bertz CT molecular complexity index is 137. The first kappa shape index (κ1) is 14.3. The maximum atomic E-state index is 5.32. The molecule has 0 rings (SSSR count). The molecule has 0 aliphatic rings. The van der Waals surface area contributed by atoms with Crippen LogP contribution in [-0.2, 0) is 17.1 Å². The summed E-state index contributed by atoms with van der Waals surface area (Å²) in [4.78, 5) is 0. The van der Waals surface area contributed by atoms with E-state index < -0.39 is 0 Å². The Kier molecular flexibility index (Phi) is 14.0. The van der Waals surface area contributed by atoms with Crippen LogP contribution in [0.4, 0.5) is 0 Å². The number of thiol groups is 1. The molecule has 0 atom stereocenters. The van der Waals surface area contributed by atoms with Gasteiger partial charge in [0, 0.05) is 17.1 Å². The summed E-state index contributed by atoms with van der Waals surface area (Å²) in [6, 6.07) is 0. The van der Waals surface area contributed by atoms with E-state index in [-0.39, 0.29) is 17.1 Å². The zero-order valence-electron chi connectivity index (χ0n) is 6.72. The Morgan fingerprint density at radius 1 is 1.55 bits per heavy atom. The van der Waals surface area contributed by atoms with Crippen molar-refractivity contribution in [1.82, 2.24) is 0 Å². The molecule has 0 aliphatic carbocycles. The standard InChI is InChI=1S/C7H15NS2.Mn/c1-2-3-4-5-6-10-7(8)9;/h6,9H,2-5,8H2,1H3;. The van der Waals surface area contributed by atoms with Crippen molar-refractivity contribution in [3.63, 3.8) is 0 Å². The third-order valence-corrected chi connectivity index (χ3v) is 2.09. The largest absolute Gasteiger partial charge is 0.289 e. The summed E-state index contributed by atoms with van der Waals surface area (Å²) in [5, 5.41) is 2.11. The van der Waals surface area contributed by atoms with E-state index >= 15 is 0 Å². The van der Waals surface area contributed by atoms with Crippen molar-refractivity contribution >= 4 is 33.3 Å². The van der Waals surface area contributed by atoms with Crippen LogP contribution in [0.3, 0.4) is 0 Å². The molecule has 0 fully saturated rings. The van der Waals surface area contributed by atoms with E-state index in [9.17, 15) is 0 Å². The van der Waals surface area contributed by atoms with Crippen molar-refractivity contribution < 1.29 is 17.1 Å². The van der Waals surface area contributed by atoms with Gasteiger partial charge in [0.25, 0.3) is 0 Å². The molecule has 2 N–H and O–H groups in total. The minimum Gasteiger partial charge on any atom is -0.289 e. The van der Waals surface area contributed by atoms with E-state index in [1.54, 1.807) is 0 Å². The topological polar surface area (TPSA) is 26.0 Å². The van der Waals surface area contributed by atoms with Gasteiger partial charge in [0.15, 0.2) is 0 Å². The number of hydrogen-bond donors (Lipinski definition) is 2. The summed E-state index contributed by atoms with van der Waals surface area (Å²) in [6.45, 7) is 2.20. The van der Waals surface area contributed by atoms with Crippen molar-refractivity contribution in [2.45, 2.75) is 32.6 Å². The predicted octanol–water partition coefficient (Wildman–Crippen LogP) is 2.08. The molecule has 1 nitrogen and oxygen atoms in total. The number of nitrogens with two attached hydrogens (primary N) is 1. The van der Waals surface area contributed by atoms with Crippen LogP contribution in [0.5, 0.6) is 0 Å². The molecule has 0 aliphatic heterocycles. The first-order chi connectivity index (χ1) is 4.77. The zero-order chi connectivity index (χ0) is 7.82. The normalized spacial score (nSPS) is 8.27. The molecular formula is C7H15MnNS2. The third-order valence-electron chi connectivity index (χ3n) is 1.13. The van der Waals surface area contributed by atoms with Crippen LogP contribution >= 0.6 is 23.6 Å². The van der Waals surface area contributed by atoms with Gasteiger partial charge in [0.05, 0.1) is 4.32 Å². The summed E-state index contributed by atoms with van der Waals surface area (Å²) in [5.41, 5.74) is 5.32. The molecule has 0 aromatic carbocycles. The summed E-state index contributed by atoms with van der Waals surface area (Å²) in [7, 11) is 1.52. The summed E-state index contributed by atoms with van der Waals surface area (Å²) < 4.78 is 0.636. The Labute approximate surface area is 88.6 Å². The minimum absolute atomic E-state index is 0. The maximum Gasteiger partial charge on any atom is 0.0964 e. The van der Waals surface area contributed by atoms with Crippen LogP contribution < -0.4 is 5.73 Å². The van der Waals surface area contributed by atoms with Crippen LogP contribution in [-0.4, -0.2) is 9.69 Å². The molecule has 11 heavy (non-hydrogen) atoms. The van der Waals surface area contributed by atoms with Gasteiger partial charge in [-0.05, 0) is 18.2 Å². The van der Waals surface area contributed by atoms with Gasteiger partial charge in [-0.15, -0.1) is 23.6 Å². The van der Waals surface area contributed by atoms with E-state index in [4.69, 9.17) is 5.73 Å². The fourth-order valence-corrected chi connectivity index (χ4v) is 1.30. The molecule has 67 valence electrons. The Hall–Kier alpha value is 0.789.